The third kappa shape index (κ3) is 19.2. The molecule has 79 heavy (non-hydrogen) atoms. The van der Waals surface area contributed by atoms with Gasteiger partial charge in [-0.3, -0.25) is 43.2 Å². The van der Waals surface area contributed by atoms with Crippen LogP contribution in [0.3, 0.4) is 0 Å². The number of ether oxygens (including phenoxy) is 12. The minimum atomic E-state index is -1.83. The maximum atomic E-state index is 13.6. The molecule has 0 saturated carbocycles. The van der Waals surface area contributed by atoms with Gasteiger partial charge in [-0.25, -0.2) is 4.79 Å². The maximum Gasteiger partial charge on any atom is 0.407 e. The van der Waals surface area contributed by atoms with Crippen molar-refractivity contribution in [2.24, 2.45) is 0 Å². The first-order chi connectivity index (χ1) is 37.3. The van der Waals surface area contributed by atoms with Crippen LogP contribution in [0.15, 0.2) is 48.5 Å². The van der Waals surface area contributed by atoms with Crippen LogP contribution in [0.25, 0.3) is 11.1 Å². The Kier molecular flexibility index (Phi) is 23.5. The summed E-state index contributed by atoms with van der Waals surface area (Å²) in [7, 11) is 0. The molecule has 0 radical (unpaired) electrons. The molecule has 2 N–H and O–H groups in total. The predicted molar refractivity (Wildman–Crippen MR) is 275 cm³/mol. The lowest BCUT2D eigenvalue weighted by Gasteiger charge is -2.48. The predicted octanol–water partition coefficient (Wildman–Crippen LogP) is 4.26. The number of benzene rings is 2. The Balaban J connectivity index is 1.27. The van der Waals surface area contributed by atoms with E-state index in [1.807, 2.05) is 48.5 Å². The highest BCUT2D eigenvalue weighted by Crippen LogP contribution is 2.45. The Morgan fingerprint density at radius 2 is 1.05 bits per heavy atom. The fourth-order valence-electron chi connectivity index (χ4n) is 9.09. The number of nitrogens with one attached hydrogen (secondary N) is 2. The number of rotatable bonds is 24. The minimum absolute atomic E-state index is 0.0220. The number of carbonyl (C=O) groups is 10. The smallest absolute Gasteiger partial charge is 0.407 e. The zero-order chi connectivity index (χ0) is 58.1. The van der Waals surface area contributed by atoms with Crippen LogP contribution in [0.1, 0.15) is 112 Å². The largest absolute Gasteiger partial charge is 0.463 e. The summed E-state index contributed by atoms with van der Waals surface area (Å²) < 4.78 is 68.8. The number of unbranched alkanes of at least 4 members (excludes halogenated alkanes) is 2. The quantitative estimate of drug-likeness (QED) is 0.0842. The second kappa shape index (κ2) is 29.4. The zero-order valence-electron chi connectivity index (χ0n) is 45.8. The molecule has 2 heterocycles. The topological polar surface area (TPSA) is 306 Å². The number of carbonyl (C=O) groups excluding carboxylic acids is 10. The molecule has 1 aliphatic carbocycles. The molecular weight excluding hydrogens is 1060 g/mol. The number of esters is 8. The van der Waals surface area contributed by atoms with Crippen molar-refractivity contribution in [1.29, 1.82) is 0 Å². The van der Waals surface area contributed by atoms with Gasteiger partial charge in [0.2, 0.25) is 5.91 Å². The fraction of sp³-hybridized carbons (Fsp3) is 0.593. The number of thioether (sulfide) groups is 1. The molecule has 5 rings (SSSR count). The van der Waals surface area contributed by atoms with Gasteiger partial charge in [0.15, 0.2) is 36.8 Å². The summed E-state index contributed by atoms with van der Waals surface area (Å²) in [5, 5.41) is 5.32. The highest BCUT2D eigenvalue weighted by Gasteiger charge is 2.57. The van der Waals surface area contributed by atoms with Crippen molar-refractivity contribution in [3.8, 4) is 11.1 Å². The van der Waals surface area contributed by atoms with Crippen LogP contribution in [0.2, 0.25) is 0 Å². The molecule has 0 aromatic heterocycles. The third-order valence-electron chi connectivity index (χ3n) is 12.0. The van der Waals surface area contributed by atoms with Gasteiger partial charge in [0.25, 0.3) is 0 Å². The minimum Gasteiger partial charge on any atom is -0.463 e. The number of alkyl carbamates (subject to hydrolysis) is 1. The van der Waals surface area contributed by atoms with Crippen molar-refractivity contribution in [1.82, 2.24) is 10.6 Å². The summed E-state index contributed by atoms with van der Waals surface area (Å²) in [6.07, 6.45) is -14.1. The molecule has 25 heteroatoms. The zero-order valence-corrected chi connectivity index (χ0v) is 46.6. The molecule has 0 bridgehead atoms. The normalized spacial score (nSPS) is 23.7. The Morgan fingerprint density at radius 3 is 1.58 bits per heavy atom. The van der Waals surface area contributed by atoms with Crippen LogP contribution < -0.4 is 10.6 Å². The maximum absolute atomic E-state index is 13.6. The van der Waals surface area contributed by atoms with Crippen molar-refractivity contribution >= 4 is 71.5 Å². The van der Waals surface area contributed by atoms with E-state index < -0.39 is 152 Å². The van der Waals surface area contributed by atoms with Gasteiger partial charge in [0.1, 0.15) is 55.2 Å². The second-order valence-electron chi connectivity index (χ2n) is 19.7. The highest BCUT2D eigenvalue weighted by molar-refractivity contribution is 7.99. The van der Waals surface area contributed by atoms with Gasteiger partial charge >= 0.3 is 53.8 Å². The van der Waals surface area contributed by atoms with Crippen LogP contribution in [0.5, 0.6) is 0 Å². The molecule has 24 nitrogen and oxygen atoms in total. The van der Waals surface area contributed by atoms with Crippen molar-refractivity contribution in [3.63, 3.8) is 0 Å². The van der Waals surface area contributed by atoms with Gasteiger partial charge in [-0.05, 0) is 61.6 Å². The van der Waals surface area contributed by atoms with Crippen LogP contribution in [-0.4, -0.2) is 164 Å². The van der Waals surface area contributed by atoms with Crippen molar-refractivity contribution < 1.29 is 105 Å². The average molecular weight is 1130 g/mol. The molecule has 2 aromatic carbocycles. The van der Waals surface area contributed by atoms with E-state index in [2.05, 4.69) is 10.6 Å². The molecule has 2 fully saturated rings. The van der Waals surface area contributed by atoms with E-state index in [4.69, 9.17) is 56.8 Å². The number of hydrogen-bond donors (Lipinski definition) is 2. The Bertz CT molecular complexity index is 2470. The van der Waals surface area contributed by atoms with Crippen molar-refractivity contribution in [3.05, 3.63) is 59.7 Å². The van der Waals surface area contributed by atoms with Crippen molar-refractivity contribution in [2.75, 3.05) is 32.1 Å². The Labute approximate surface area is 461 Å². The molecule has 2 aromatic rings. The molecule has 0 unspecified atom stereocenters. The van der Waals surface area contributed by atoms with Gasteiger partial charge in [-0.15, -0.1) is 11.8 Å². The molecule has 2 aliphatic heterocycles. The molecule has 11 atom stereocenters. The SMILES string of the molecule is CC(=O)OC[C@H]1O[C@@H](SCCCCCNC(=O)[C@H](CC(=O)OC(C)(C)C)NC(=O)OCC2c3ccccc3-c3ccccc32)[C@H](OC(C)=O)[C@@H](OC(C)=O)[C@@H]1O[C@@H]1O[C@H](COC(C)=O)[C@@H](OC(C)=O)[C@H](OC(C)=O)[C@H]1OC(C)=O. The molecule has 3 aliphatic rings. The number of hydrogen-bond acceptors (Lipinski definition) is 23. The lowest BCUT2D eigenvalue weighted by molar-refractivity contribution is -0.341. The molecular formula is C54H70N2O22S. The van der Waals surface area contributed by atoms with Gasteiger partial charge in [0, 0.05) is 60.9 Å². The van der Waals surface area contributed by atoms with E-state index >= 15 is 0 Å². The summed E-state index contributed by atoms with van der Waals surface area (Å²) in [5.74, 6) is -7.24. The molecule has 0 spiro atoms. The molecule has 2 saturated heterocycles. The van der Waals surface area contributed by atoms with E-state index in [1.54, 1.807) is 20.8 Å². The first-order valence-corrected chi connectivity index (χ1v) is 26.7. The van der Waals surface area contributed by atoms with E-state index in [0.717, 1.165) is 82.5 Å². The summed E-state index contributed by atoms with van der Waals surface area (Å²) >= 11 is 1.15. The molecule has 434 valence electrons. The number of amides is 2. The van der Waals surface area contributed by atoms with Crippen LogP contribution in [0.4, 0.5) is 4.79 Å². The second-order valence-corrected chi connectivity index (χ2v) is 20.9. The van der Waals surface area contributed by atoms with Gasteiger partial charge in [-0.2, -0.15) is 0 Å². The van der Waals surface area contributed by atoms with E-state index in [0.29, 0.717) is 25.0 Å². The monoisotopic (exact) mass is 1130 g/mol. The fourth-order valence-corrected chi connectivity index (χ4v) is 10.3. The number of fused-ring (bicyclic) bond motifs is 3. The highest BCUT2D eigenvalue weighted by atomic mass is 32.2. The van der Waals surface area contributed by atoms with Gasteiger partial charge < -0.3 is 67.5 Å². The lowest BCUT2D eigenvalue weighted by Crippen LogP contribution is -2.66. The van der Waals surface area contributed by atoms with E-state index in [1.165, 1.54) is 0 Å². The van der Waals surface area contributed by atoms with Crippen LogP contribution in [0, 0.1) is 0 Å². The van der Waals surface area contributed by atoms with E-state index in [-0.39, 0.29) is 19.1 Å². The average Bonchev–Trinajstić information content (AvgIpc) is 4.00. The first-order valence-electron chi connectivity index (χ1n) is 25.6. The summed E-state index contributed by atoms with van der Waals surface area (Å²) in [4.78, 5) is 127. The summed E-state index contributed by atoms with van der Waals surface area (Å²) in [6.45, 7) is 11.5. The first kappa shape index (κ1) is 63.0. The van der Waals surface area contributed by atoms with Gasteiger partial charge in [-0.1, -0.05) is 55.0 Å². The van der Waals surface area contributed by atoms with Crippen LogP contribution >= 0.6 is 11.8 Å². The van der Waals surface area contributed by atoms with Crippen molar-refractivity contribution in [2.45, 2.75) is 173 Å². The standard InChI is InChI=1S/C54H70N2O22S/c1-28(57)67-26-41-44(70-30(3)59)46(71-31(4)60)48(73-33(6)62)51(75-41)77-45-42(27-68-29(2)58)76-52(49(74-34(7)63)47(45)72-32(5)61)79-23-17-11-16-22-55-50(65)40(24-43(64)78-54(8,9)10)56-53(66)69-25-39-37-20-14-12-18-35(37)36-19-13-15-21-38(36)39/h12-15,18-21,39-42,44-49,51-52H,11,16-17,22-27H2,1-10H3,(H,55,65)(H,56,66)/t40-,41+,42+,44+,45+,46-,47-,48+,49+,51-,52-/m0/s1. The van der Waals surface area contributed by atoms with Gasteiger partial charge in [0.05, 0.1) is 6.42 Å². The lowest BCUT2D eigenvalue weighted by atomic mass is 9.96. The molecule has 2 amide bonds. The Morgan fingerprint density at radius 1 is 0.557 bits per heavy atom. The summed E-state index contributed by atoms with van der Waals surface area (Å²) in [5.41, 5.74) is 2.07. The van der Waals surface area contributed by atoms with E-state index in [9.17, 15) is 47.9 Å². The Hall–Kier alpha value is -6.83. The van der Waals surface area contributed by atoms with Crippen LogP contribution in [-0.2, 0) is 100.0 Å². The summed E-state index contributed by atoms with van der Waals surface area (Å²) in [6, 6.07) is 14.3. The third-order valence-corrected chi connectivity index (χ3v) is 13.3.